The lowest BCUT2D eigenvalue weighted by molar-refractivity contribution is 0.174. The predicted octanol–water partition coefficient (Wildman–Crippen LogP) is 1.71. The molecule has 2 heterocycles. The molecule has 6 heteroatoms. The largest absolute Gasteiger partial charge is 0.507 e. The fraction of sp³-hybridized carbons (Fsp3) is 0.308. The number of aryl methyl sites for hydroxylation is 1. The molecule has 19 heavy (non-hydrogen) atoms. The van der Waals surface area contributed by atoms with Gasteiger partial charge in [0.25, 0.3) is 0 Å². The van der Waals surface area contributed by atoms with Crippen LogP contribution in [0.5, 0.6) is 17.2 Å². The van der Waals surface area contributed by atoms with Gasteiger partial charge in [0, 0.05) is 18.2 Å². The minimum atomic E-state index is 0.181. The molecule has 1 aromatic carbocycles. The summed E-state index contributed by atoms with van der Waals surface area (Å²) in [6.45, 7) is 3.03. The minimum Gasteiger partial charge on any atom is -0.507 e. The summed E-state index contributed by atoms with van der Waals surface area (Å²) in [5, 5.41) is 13.0. The second-order valence-corrected chi connectivity index (χ2v) is 4.30. The Morgan fingerprint density at radius 3 is 2.79 bits per heavy atom. The maximum absolute atomic E-state index is 9.86. The standard InChI is InChI=1S/C13H14N2O4/c1-8-4-15-13(19-8)6-14-5-9-2-11-12(3-10(9)16)18-7-17-11/h2-4,14,16H,5-7H2,1H3. The van der Waals surface area contributed by atoms with Crippen LogP contribution in [0.3, 0.4) is 0 Å². The van der Waals surface area contributed by atoms with E-state index in [9.17, 15) is 5.11 Å². The van der Waals surface area contributed by atoms with Gasteiger partial charge in [0.1, 0.15) is 11.5 Å². The zero-order valence-corrected chi connectivity index (χ0v) is 10.5. The molecular formula is C13H14N2O4. The Balaban J connectivity index is 1.64. The van der Waals surface area contributed by atoms with Gasteiger partial charge < -0.3 is 24.3 Å². The third-order valence-corrected chi connectivity index (χ3v) is 2.83. The summed E-state index contributed by atoms with van der Waals surface area (Å²) in [7, 11) is 0. The van der Waals surface area contributed by atoms with Gasteiger partial charge in [-0.2, -0.15) is 0 Å². The fourth-order valence-corrected chi connectivity index (χ4v) is 1.90. The van der Waals surface area contributed by atoms with E-state index in [0.717, 1.165) is 11.3 Å². The van der Waals surface area contributed by atoms with Gasteiger partial charge >= 0.3 is 0 Å². The monoisotopic (exact) mass is 262 g/mol. The molecule has 2 aromatic rings. The van der Waals surface area contributed by atoms with E-state index in [1.165, 1.54) is 0 Å². The van der Waals surface area contributed by atoms with E-state index >= 15 is 0 Å². The maximum atomic E-state index is 9.86. The van der Waals surface area contributed by atoms with Crippen molar-refractivity contribution in [2.24, 2.45) is 0 Å². The number of hydrogen-bond acceptors (Lipinski definition) is 6. The van der Waals surface area contributed by atoms with Crippen molar-refractivity contribution in [1.29, 1.82) is 0 Å². The van der Waals surface area contributed by atoms with Crippen molar-refractivity contribution in [1.82, 2.24) is 10.3 Å². The van der Waals surface area contributed by atoms with E-state index in [1.54, 1.807) is 18.3 Å². The van der Waals surface area contributed by atoms with E-state index in [0.29, 0.717) is 30.5 Å². The number of benzene rings is 1. The molecule has 0 unspecified atom stereocenters. The molecule has 0 fully saturated rings. The highest BCUT2D eigenvalue weighted by atomic mass is 16.7. The van der Waals surface area contributed by atoms with Crippen molar-refractivity contribution in [2.75, 3.05) is 6.79 Å². The molecule has 3 rings (SSSR count). The summed E-state index contributed by atoms with van der Waals surface area (Å²) < 4.78 is 15.8. The van der Waals surface area contributed by atoms with Crippen molar-refractivity contribution in [2.45, 2.75) is 20.0 Å². The van der Waals surface area contributed by atoms with E-state index in [4.69, 9.17) is 13.9 Å². The molecular weight excluding hydrogens is 248 g/mol. The normalized spacial score (nSPS) is 12.9. The summed E-state index contributed by atoms with van der Waals surface area (Å²) >= 11 is 0. The summed E-state index contributed by atoms with van der Waals surface area (Å²) in [5.41, 5.74) is 0.743. The van der Waals surface area contributed by atoms with Crippen molar-refractivity contribution in [3.8, 4) is 17.2 Å². The summed E-state index contributed by atoms with van der Waals surface area (Å²) in [5.74, 6) is 2.81. The molecule has 2 N–H and O–H groups in total. The molecule has 0 spiro atoms. The van der Waals surface area contributed by atoms with Gasteiger partial charge in [0.2, 0.25) is 12.7 Å². The van der Waals surface area contributed by atoms with Crippen LogP contribution in [0, 0.1) is 6.92 Å². The van der Waals surface area contributed by atoms with Crippen LogP contribution < -0.4 is 14.8 Å². The van der Waals surface area contributed by atoms with Gasteiger partial charge in [-0.15, -0.1) is 0 Å². The highest BCUT2D eigenvalue weighted by molar-refractivity contribution is 5.51. The molecule has 0 saturated heterocycles. The molecule has 0 atom stereocenters. The molecule has 0 saturated carbocycles. The molecule has 1 aliphatic heterocycles. The first-order valence-electron chi connectivity index (χ1n) is 5.96. The lowest BCUT2D eigenvalue weighted by Gasteiger charge is -2.06. The van der Waals surface area contributed by atoms with Crippen LogP contribution in [-0.2, 0) is 13.1 Å². The van der Waals surface area contributed by atoms with Crippen LogP contribution >= 0.6 is 0 Å². The number of oxazole rings is 1. The first kappa shape index (κ1) is 11.9. The zero-order valence-electron chi connectivity index (χ0n) is 10.5. The Morgan fingerprint density at radius 2 is 2.05 bits per heavy atom. The third-order valence-electron chi connectivity index (χ3n) is 2.83. The number of aromatic nitrogens is 1. The van der Waals surface area contributed by atoms with Crippen molar-refractivity contribution < 1.29 is 19.0 Å². The minimum absolute atomic E-state index is 0.181. The number of aromatic hydroxyl groups is 1. The number of phenols is 1. The molecule has 1 aromatic heterocycles. The second-order valence-electron chi connectivity index (χ2n) is 4.30. The second kappa shape index (κ2) is 4.81. The van der Waals surface area contributed by atoms with Gasteiger partial charge in [-0.1, -0.05) is 0 Å². The first-order chi connectivity index (χ1) is 9.22. The van der Waals surface area contributed by atoms with Crippen molar-refractivity contribution in [3.63, 3.8) is 0 Å². The number of hydrogen-bond donors (Lipinski definition) is 2. The summed E-state index contributed by atoms with van der Waals surface area (Å²) in [6, 6.07) is 3.33. The van der Waals surface area contributed by atoms with Crippen LogP contribution in [0.1, 0.15) is 17.2 Å². The van der Waals surface area contributed by atoms with Crippen LogP contribution in [0.2, 0.25) is 0 Å². The number of nitrogens with zero attached hydrogens (tertiary/aromatic N) is 1. The van der Waals surface area contributed by atoms with Crippen LogP contribution in [0.4, 0.5) is 0 Å². The lowest BCUT2D eigenvalue weighted by Crippen LogP contribution is -2.13. The fourth-order valence-electron chi connectivity index (χ4n) is 1.90. The Hall–Kier alpha value is -2.21. The van der Waals surface area contributed by atoms with Crippen LogP contribution in [0.25, 0.3) is 0 Å². The number of ether oxygens (including phenoxy) is 2. The Bertz CT molecular complexity index is 594. The van der Waals surface area contributed by atoms with Crippen LogP contribution in [0.15, 0.2) is 22.7 Å². The lowest BCUT2D eigenvalue weighted by atomic mass is 10.1. The Morgan fingerprint density at radius 1 is 1.26 bits per heavy atom. The van der Waals surface area contributed by atoms with Gasteiger partial charge in [-0.25, -0.2) is 4.98 Å². The number of phenolic OH excluding ortho intramolecular Hbond substituents is 1. The van der Waals surface area contributed by atoms with Gasteiger partial charge in [0.05, 0.1) is 12.7 Å². The topological polar surface area (TPSA) is 76.8 Å². The van der Waals surface area contributed by atoms with E-state index < -0.39 is 0 Å². The molecule has 0 bridgehead atoms. The molecule has 1 aliphatic rings. The van der Waals surface area contributed by atoms with E-state index in [-0.39, 0.29) is 12.5 Å². The summed E-state index contributed by atoms with van der Waals surface area (Å²) in [6.07, 6.45) is 1.68. The average Bonchev–Trinajstić information content (AvgIpc) is 2.98. The Labute approximate surface area is 110 Å². The quantitative estimate of drug-likeness (QED) is 0.873. The van der Waals surface area contributed by atoms with Crippen molar-refractivity contribution >= 4 is 0 Å². The number of rotatable bonds is 4. The molecule has 0 amide bonds. The SMILES string of the molecule is Cc1cnc(CNCc2cc3c(cc2O)OCO3)o1. The molecule has 6 nitrogen and oxygen atoms in total. The number of nitrogens with one attached hydrogen (secondary N) is 1. The summed E-state index contributed by atoms with van der Waals surface area (Å²) in [4.78, 5) is 4.09. The van der Waals surface area contributed by atoms with Gasteiger partial charge in [-0.3, -0.25) is 0 Å². The van der Waals surface area contributed by atoms with E-state index in [1.807, 2.05) is 6.92 Å². The highest BCUT2D eigenvalue weighted by Gasteiger charge is 2.16. The molecule has 0 radical (unpaired) electrons. The number of fused-ring (bicyclic) bond motifs is 1. The van der Waals surface area contributed by atoms with Crippen LogP contribution in [-0.4, -0.2) is 16.9 Å². The predicted molar refractivity (Wildman–Crippen MR) is 66.0 cm³/mol. The Kier molecular flexibility index (Phi) is 3.00. The molecule has 100 valence electrons. The zero-order chi connectivity index (χ0) is 13.2. The van der Waals surface area contributed by atoms with Gasteiger partial charge in [-0.05, 0) is 13.0 Å². The third kappa shape index (κ3) is 2.48. The first-order valence-corrected chi connectivity index (χ1v) is 5.96. The van der Waals surface area contributed by atoms with Gasteiger partial charge in [0.15, 0.2) is 11.5 Å². The maximum Gasteiger partial charge on any atom is 0.231 e. The van der Waals surface area contributed by atoms with Crippen molar-refractivity contribution in [3.05, 3.63) is 35.5 Å². The van der Waals surface area contributed by atoms with E-state index in [2.05, 4.69) is 10.3 Å². The molecule has 0 aliphatic carbocycles. The smallest absolute Gasteiger partial charge is 0.231 e. The average molecular weight is 262 g/mol. The highest BCUT2D eigenvalue weighted by Crippen LogP contribution is 2.37.